The Morgan fingerprint density at radius 2 is 1.79 bits per heavy atom. The van der Waals surface area contributed by atoms with Crippen molar-refractivity contribution in [3.05, 3.63) is 36.9 Å². The zero-order valence-electron chi connectivity index (χ0n) is 13.5. The van der Waals surface area contributed by atoms with Gasteiger partial charge in [-0.25, -0.2) is 19.9 Å². The standard InChI is InChI=1S/C17H21N5O2/c1-5-18-15(19-6-1)22-12-17(13-22)11-14(4-10-24-17)3-9-23-16-20-7-2-8-21-16/h1-2,5-8,14H,3-4,9-13H2. The molecule has 1 unspecified atom stereocenters. The second-order valence-corrected chi connectivity index (χ2v) is 6.46. The van der Waals surface area contributed by atoms with E-state index in [1.165, 1.54) is 0 Å². The van der Waals surface area contributed by atoms with Gasteiger partial charge < -0.3 is 14.4 Å². The largest absolute Gasteiger partial charge is 0.463 e. The van der Waals surface area contributed by atoms with Gasteiger partial charge in [-0.2, -0.15) is 0 Å². The third-order valence-electron chi connectivity index (χ3n) is 4.69. The smallest absolute Gasteiger partial charge is 0.316 e. The molecule has 2 aliphatic heterocycles. The van der Waals surface area contributed by atoms with Crippen LogP contribution in [0.25, 0.3) is 0 Å². The minimum atomic E-state index is -0.0363. The Bertz CT molecular complexity index is 649. The average molecular weight is 327 g/mol. The molecule has 1 atom stereocenters. The highest BCUT2D eigenvalue weighted by molar-refractivity contribution is 5.37. The van der Waals surface area contributed by atoms with E-state index in [1.54, 1.807) is 30.9 Å². The van der Waals surface area contributed by atoms with Gasteiger partial charge in [0.25, 0.3) is 0 Å². The maximum Gasteiger partial charge on any atom is 0.316 e. The summed E-state index contributed by atoms with van der Waals surface area (Å²) < 4.78 is 11.7. The highest BCUT2D eigenvalue weighted by atomic mass is 16.5. The molecule has 1 spiro atoms. The Hall–Kier alpha value is -2.28. The summed E-state index contributed by atoms with van der Waals surface area (Å²) in [6.45, 7) is 3.21. The number of anilines is 1. The minimum Gasteiger partial charge on any atom is -0.463 e. The number of hydrogen-bond donors (Lipinski definition) is 0. The molecule has 2 aromatic rings. The summed E-state index contributed by atoms with van der Waals surface area (Å²) in [5, 5.41) is 0. The van der Waals surface area contributed by atoms with E-state index in [0.717, 1.165) is 44.9 Å². The number of hydrogen-bond acceptors (Lipinski definition) is 7. The van der Waals surface area contributed by atoms with Crippen LogP contribution in [0.3, 0.4) is 0 Å². The Balaban J connectivity index is 1.26. The van der Waals surface area contributed by atoms with Crippen LogP contribution in [0.5, 0.6) is 6.01 Å². The number of rotatable bonds is 5. The van der Waals surface area contributed by atoms with Gasteiger partial charge in [0, 0.05) is 31.4 Å². The van der Waals surface area contributed by atoms with Gasteiger partial charge in [0.2, 0.25) is 5.95 Å². The highest BCUT2D eigenvalue weighted by Gasteiger charge is 2.48. The first-order valence-corrected chi connectivity index (χ1v) is 8.39. The number of aromatic nitrogens is 4. The van der Waals surface area contributed by atoms with Crippen LogP contribution in [0.4, 0.5) is 5.95 Å². The second kappa shape index (κ2) is 6.68. The van der Waals surface area contributed by atoms with Crippen LogP contribution in [-0.2, 0) is 4.74 Å². The molecular formula is C17H21N5O2. The summed E-state index contributed by atoms with van der Waals surface area (Å²) in [6.07, 6.45) is 10.1. The summed E-state index contributed by atoms with van der Waals surface area (Å²) in [6, 6.07) is 4.08. The summed E-state index contributed by atoms with van der Waals surface area (Å²) in [5.74, 6) is 1.40. The van der Waals surface area contributed by atoms with E-state index in [9.17, 15) is 0 Å². The monoisotopic (exact) mass is 327 g/mol. The van der Waals surface area contributed by atoms with Crippen molar-refractivity contribution in [2.75, 3.05) is 31.2 Å². The Morgan fingerprint density at radius 3 is 2.54 bits per heavy atom. The quantitative estimate of drug-likeness (QED) is 0.828. The van der Waals surface area contributed by atoms with Crippen molar-refractivity contribution in [1.29, 1.82) is 0 Å². The van der Waals surface area contributed by atoms with Crippen LogP contribution in [0, 0.1) is 5.92 Å². The van der Waals surface area contributed by atoms with Crippen LogP contribution in [-0.4, -0.2) is 51.8 Å². The Morgan fingerprint density at radius 1 is 1.08 bits per heavy atom. The van der Waals surface area contributed by atoms with Crippen LogP contribution < -0.4 is 9.64 Å². The average Bonchev–Trinajstić information content (AvgIpc) is 2.61. The first kappa shape index (κ1) is 15.3. The van der Waals surface area contributed by atoms with E-state index >= 15 is 0 Å². The van der Waals surface area contributed by atoms with Crippen molar-refractivity contribution >= 4 is 5.95 Å². The molecule has 0 bridgehead atoms. The molecule has 2 fully saturated rings. The van der Waals surface area contributed by atoms with E-state index in [-0.39, 0.29) is 5.60 Å². The molecule has 0 radical (unpaired) electrons. The molecule has 4 heterocycles. The van der Waals surface area contributed by atoms with Crippen molar-refractivity contribution in [1.82, 2.24) is 19.9 Å². The fraction of sp³-hybridized carbons (Fsp3) is 0.529. The maximum atomic E-state index is 6.09. The third-order valence-corrected chi connectivity index (χ3v) is 4.69. The van der Waals surface area contributed by atoms with Gasteiger partial charge in [-0.15, -0.1) is 0 Å². The van der Waals surface area contributed by atoms with E-state index in [0.29, 0.717) is 18.5 Å². The van der Waals surface area contributed by atoms with Gasteiger partial charge in [0.1, 0.15) is 5.60 Å². The Labute approximate surface area is 141 Å². The van der Waals surface area contributed by atoms with E-state index in [4.69, 9.17) is 9.47 Å². The molecular weight excluding hydrogens is 306 g/mol. The molecule has 0 N–H and O–H groups in total. The van der Waals surface area contributed by atoms with Gasteiger partial charge in [0.05, 0.1) is 19.7 Å². The van der Waals surface area contributed by atoms with Gasteiger partial charge in [-0.3, -0.25) is 0 Å². The molecule has 0 saturated carbocycles. The molecule has 4 rings (SSSR count). The number of nitrogens with zero attached hydrogens (tertiary/aromatic N) is 5. The highest BCUT2D eigenvalue weighted by Crippen LogP contribution is 2.39. The topological polar surface area (TPSA) is 73.3 Å². The molecule has 0 aliphatic carbocycles. The lowest BCUT2D eigenvalue weighted by Gasteiger charge is -2.53. The van der Waals surface area contributed by atoms with Crippen molar-refractivity contribution in [2.45, 2.75) is 24.9 Å². The fourth-order valence-electron chi connectivity index (χ4n) is 3.52. The molecule has 0 amide bonds. The van der Waals surface area contributed by atoms with Gasteiger partial charge in [0.15, 0.2) is 0 Å². The third kappa shape index (κ3) is 3.31. The number of ether oxygens (including phenoxy) is 2. The van der Waals surface area contributed by atoms with Crippen LogP contribution in [0.15, 0.2) is 36.9 Å². The summed E-state index contributed by atoms with van der Waals surface area (Å²) in [7, 11) is 0. The predicted octanol–water partition coefficient (Wildman–Crippen LogP) is 1.72. The van der Waals surface area contributed by atoms with Crippen molar-refractivity contribution in [3.8, 4) is 6.01 Å². The predicted molar refractivity (Wildman–Crippen MR) is 87.8 cm³/mol. The molecule has 2 aliphatic rings. The normalized spacial score (nSPS) is 22.2. The van der Waals surface area contributed by atoms with Crippen LogP contribution >= 0.6 is 0 Å². The summed E-state index contributed by atoms with van der Waals surface area (Å²) >= 11 is 0. The van der Waals surface area contributed by atoms with Gasteiger partial charge >= 0.3 is 6.01 Å². The molecule has 24 heavy (non-hydrogen) atoms. The maximum absolute atomic E-state index is 6.09. The van der Waals surface area contributed by atoms with Crippen LogP contribution in [0.2, 0.25) is 0 Å². The molecule has 7 heteroatoms. The Kier molecular flexibility index (Phi) is 4.25. The van der Waals surface area contributed by atoms with Crippen molar-refractivity contribution in [3.63, 3.8) is 0 Å². The molecule has 0 aromatic carbocycles. The SMILES string of the molecule is c1cnc(OCCC2CCOC3(C2)CN(c2ncccn2)C3)nc1. The van der Waals surface area contributed by atoms with E-state index < -0.39 is 0 Å². The van der Waals surface area contributed by atoms with Crippen molar-refractivity contribution < 1.29 is 9.47 Å². The minimum absolute atomic E-state index is 0.0363. The van der Waals surface area contributed by atoms with Gasteiger partial charge in [-0.05, 0) is 37.3 Å². The summed E-state index contributed by atoms with van der Waals surface area (Å²) in [5.41, 5.74) is -0.0363. The lowest BCUT2D eigenvalue weighted by molar-refractivity contribution is -0.115. The molecule has 126 valence electrons. The first-order chi connectivity index (χ1) is 11.8. The first-order valence-electron chi connectivity index (χ1n) is 8.39. The van der Waals surface area contributed by atoms with E-state index in [1.807, 2.05) is 6.07 Å². The zero-order chi connectivity index (χ0) is 16.2. The fourth-order valence-corrected chi connectivity index (χ4v) is 3.52. The summed E-state index contributed by atoms with van der Waals surface area (Å²) in [4.78, 5) is 19.0. The van der Waals surface area contributed by atoms with E-state index in [2.05, 4.69) is 24.8 Å². The van der Waals surface area contributed by atoms with Gasteiger partial charge in [-0.1, -0.05) is 0 Å². The lowest BCUT2D eigenvalue weighted by atomic mass is 9.79. The molecule has 2 saturated heterocycles. The second-order valence-electron chi connectivity index (χ2n) is 6.46. The molecule has 2 aromatic heterocycles. The van der Waals surface area contributed by atoms with Crippen molar-refractivity contribution in [2.24, 2.45) is 5.92 Å². The molecule has 7 nitrogen and oxygen atoms in total. The van der Waals surface area contributed by atoms with Crippen LogP contribution in [0.1, 0.15) is 19.3 Å². The lowest BCUT2D eigenvalue weighted by Crippen LogP contribution is -2.66. The zero-order valence-corrected chi connectivity index (χ0v) is 13.5.